The lowest BCUT2D eigenvalue weighted by Crippen LogP contribution is -2.49. The number of carbonyl (C=O) groups is 1. The first-order chi connectivity index (χ1) is 14.1. The molecule has 154 valence electrons. The van der Waals surface area contributed by atoms with Crippen molar-refractivity contribution >= 4 is 17.3 Å². The Hall–Kier alpha value is -2.57. The summed E-state index contributed by atoms with van der Waals surface area (Å²) in [6.07, 6.45) is 0.782. The van der Waals surface area contributed by atoms with Crippen LogP contribution in [0.3, 0.4) is 0 Å². The number of hydrogen-bond acceptors (Lipinski definition) is 5. The van der Waals surface area contributed by atoms with Crippen LogP contribution >= 0.6 is 0 Å². The minimum Gasteiger partial charge on any atom is -0.491 e. The monoisotopic (exact) mass is 395 g/mol. The van der Waals surface area contributed by atoms with Crippen molar-refractivity contribution in [3.8, 4) is 5.75 Å². The summed E-state index contributed by atoms with van der Waals surface area (Å²) in [5.41, 5.74) is 3.33. The largest absolute Gasteiger partial charge is 0.491 e. The van der Waals surface area contributed by atoms with Gasteiger partial charge in [0.25, 0.3) is 0 Å². The summed E-state index contributed by atoms with van der Waals surface area (Å²) in [6, 6.07) is 16.3. The van der Waals surface area contributed by atoms with E-state index in [2.05, 4.69) is 34.1 Å². The summed E-state index contributed by atoms with van der Waals surface area (Å²) in [5, 5.41) is 10.4. The molecule has 29 heavy (non-hydrogen) atoms. The number of amides is 1. The fraction of sp³-hybridized carbons (Fsp3) is 0.435. The van der Waals surface area contributed by atoms with E-state index < -0.39 is 6.10 Å². The first-order valence-corrected chi connectivity index (χ1v) is 10.3. The normalized spacial score (nSPS) is 18.5. The number of rotatable bonds is 6. The first-order valence-electron chi connectivity index (χ1n) is 10.3. The van der Waals surface area contributed by atoms with Crippen molar-refractivity contribution in [2.75, 3.05) is 56.2 Å². The number of aliphatic hydroxyl groups excluding tert-OH is 1. The predicted molar refractivity (Wildman–Crippen MR) is 115 cm³/mol. The zero-order chi connectivity index (χ0) is 20.2. The third-order valence-corrected chi connectivity index (χ3v) is 5.81. The summed E-state index contributed by atoms with van der Waals surface area (Å²) in [6.45, 7) is 4.63. The van der Waals surface area contributed by atoms with Crippen LogP contribution in [0.2, 0.25) is 0 Å². The van der Waals surface area contributed by atoms with Crippen molar-refractivity contribution in [2.24, 2.45) is 0 Å². The minimum absolute atomic E-state index is 0.129. The van der Waals surface area contributed by atoms with Gasteiger partial charge < -0.3 is 19.6 Å². The second-order valence-electron chi connectivity index (χ2n) is 7.83. The molecule has 2 aromatic rings. The molecule has 2 aliphatic heterocycles. The van der Waals surface area contributed by atoms with Crippen molar-refractivity contribution in [3.05, 3.63) is 54.1 Å². The number of ether oxygens (including phenoxy) is 1. The maximum atomic E-state index is 11.9. The zero-order valence-corrected chi connectivity index (χ0v) is 17.0. The molecular formula is C23H29N3O3. The molecule has 0 spiro atoms. The molecule has 0 bridgehead atoms. The Kier molecular flexibility index (Phi) is 6.02. The Bertz CT molecular complexity index is 835. The number of carbonyl (C=O) groups excluding carboxylic acids is 1. The van der Waals surface area contributed by atoms with E-state index in [0.717, 1.165) is 43.9 Å². The molecule has 1 saturated heterocycles. The van der Waals surface area contributed by atoms with Crippen LogP contribution in [0.4, 0.5) is 11.4 Å². The van der Waals surface area contributed by atoms with Gasteiger partial charge in [0.2, 0.25) is 5.91 Å². The average Bonchev–Trinajstić information content (AvgIpc) is 2.76. The van der Waals surface area contributed by atoms with Crippen molar-refractivity contribution in [1.29, 1.82) is 0 Å². The van der Waals surface area contributed by atoms with E-state index >= 15 is 0 Å². The summed E-state index contributed by atoms with van der Waals surface area (Å²) in [5.74, 6) is 0.822. The third kappa shape index (κ3) is 4.71. The number of para-hydroxylation sites is 1. The molecule has 0 aliphatic carbocycles. The lowest BCUT2D eigenvalue weighted by Gasteiger charge is -2.36. The Morgan fingerprint density at radius 3 is 2.55 bits per heavy atom. The number of nitrogens with zero attached hydrogens (tertiary/aromatic N) is 3. The van der Waals surface area contributed by atoms with Crippen LogP contribution in [0, 0.1) is 0 Å². The van der Waals surface area contributed by atoms with Gasteiger partial charge in [0.15, 0.2) is 0 Å². The summed E-state index contributed by atoms with van der Waals surface area (Å²) >= 11 is 0. The second kappa shape index (κ2) is 8.84. The molecule has 6 nitrogen and oxygen atoms in total. The molecule has 0 radical (unpaired) electrons. The lowest BCUT2D eigenvalue weighted by molar-refractivity contribution is -0.118. The first kappa shape index (κ1) is 19.7. The maximum Gasteiger partial charge on any atom is 0.227 e. The Morgan fingerprint density at radius 2 is 1.79 bits per heavy atom. The van der Waals surface area contributed by atoms with E-state index in [-0.39, 0.29) is 12.5 Å². The van der Waals surface area contributed by atoms with E-state index in [1.165, 1.54) is 5.69 Å². The lowest BCUT2D eigenvalue weighted by atomic mass is 10.0. The fourth-order valence-corrected chi connectivity index (χ4v) is 4.07. The number of anilines is 2. The molecule has 6 heteroatoms. The number of aliphatic hydroxyl groups is 1. The molecule has 1 amide bonds. The number of piperazine rings is 1. The predicted octanol–water partition coefficient (Wildman–Crippen LogP) is 2.16. The highest BCUT2D eigenvalue weighted by Crippen LogP contribution is 2.30. The Balaban J connectivity index is 1.25. The van der Waals surface area contributed by atoms with Gasteiger partial charge in [-0.15, -0.1) is 0 Å². The topological polar surface area (TPSA) is 56.3 Å². The van der Waals surface area contributed by atoms with E-state index in [9.17, 15) is 9.90 Å². The summed E-state index contributed by atoms with van der Waals surface area (Å²) in [4.78, 5) is 18.3. The second-order valence-corrected chi connectivity index (χ2v) is 7.83. The highest BCUT2D eigenvalue weighted by Gasteiger charge is 2.22. The summed E-state index contributed by atoms with van der Waals surface area (Å²) in [7, 11) is 1.80. The molecular weight excluding hydrogens is 366 g/mol. The van der Waals surface area contributed by atoms with Crippen LogP contribution in [-0.4, -0.2) is 68.4 Å². The highest BCUT2D eigenvalue weighted by atomic mass is 16.5. The molecule has 0 aromatic heterocycles. The zero-order valence-electron chi connectivity index (χ0n) is 17.0. The summed E-state index contributed by atoms with van der Waals surface area (Å²) < 4.78 is 5.82. The fourth-order valence-electron chi connectivity index (χ4n) is 4.07. The number of hydrogen-bond donors (Lipinski definition) is 1. The van der Waals surface area contributed by atoms with Gasteiger partial charge in [0, 0.05) is 57.9 Å². The minimum atomic E-state index is -0.548. The quantitative estimate of drug-likeness (QED) is 0.812. The number of benzene rings is 2. The van der Waals surface area contributed by atoms with Crippen LogP contribution in [0.5, 0.6) is 5.75 Å². The molecule has 0 saturated carbocycles. The van der Waals surface area contributed by atoms with Crippen LogP contribution in [0.15, 0.2) is 48.5 Å². The smallest absolute Gasteiger partial charge is 0.227 e. The molecule has 1 unspecified atom stereocenters. The van der Waals surface area contributed by atoms with E-state index in [1.807, 2.05) is 24.3 Å². The van der Waals surface area contributed by atoms with E-state index in [1.54, 1.807) is 11.9 Å². The Morgan fingerprint density at radius 1 is 1.03 bits per heavy atom. The van der Waals surface area contributed by atoms with Crippen molar-refractivity contribution in [2.45, 2.75) is 18.9 Å². The highest BCUT2D eigenvalue weighted by molar-refractivity contribution is 5.96. The SMILES string of the molecule is CN1C(=O)CCc2ccc(OCC(O)CN3CCN(c4ccccc4)CC3)cc21. The molecule has 1 atom stereocenters. The van der Waals surface area contributed by atoms with Gasteiger partial charge in [-0.3, -0.25) is 9.69 Å². The standard InChI is InChI=1S/C23H29N3O3/c1-24-22-15-21(9-7-18(22)8-10-23(24)28)29-17-20(27)16-25-11-13-26(14-12-25)19-5-3-2-4-6-19/h2-7,9,15,20,27H,8,10-14,16-17H2,1H3. The van der Waals surface area contributed by atoms with Gasteiger partial charge in [-0.1, -0.05) is 24.3 Å². The van der Waals surface area contributed by atoms with Crippen LogP contribution in [0.25, 0.3) is 0 Å². The molecule has 2 aromatic carbocycles. The van der Waals surface area contributed by atoms with Gasteiger partial charge in [-0.25, -0.2) is 0 Å². The average molecular weight is 396 g/mol. The van der Waals surface area contributed by atoms with Crippen molar-refractivity contribution < 1.29 is 14.6 Å². The van der Waals surface area contributed by atoms with Crippen LogP contribution in [0.1, 0.15) is 12.0 Å². The van der Waals surface area contributed by atoms with Crippen molar-refractivity contribution in [1.82, 2.24) is 4.90 Å². The number of fused-ring (bicyclic) bond motifs is 1. The maximum absolute atomic E-state index is 11.9. The molecule has 2 aliphatic rings. The number of β-amino-alcohol motifs (C(OH)–C–C–N with tert-alkyl or cyclic N) is 1. The van der Waals surface area contributed by atoms with Gasteiger partial charge in [-0.2, -0.15) is 0 Å². The van der Waals surface area contributed by atoms with Crippen LogP contribution < -0.4 is 14.5 Å². The van der Waals surface area contributed by atoms with Gasteiger partial charge >= 0.3 is 0 Å². The molecule has 4 rings (SSSR count). The van der Waals surface area contributed by atoms with Crippen molar-refractivity contribution in [3.63, 3.8) is 0 Å². The van der Waals surface area contributed by atoms with Gasteiger partial charge in [0.05, 0.1) is 5.69 Å². The number of aryl methyl sites for hydroxylation is 1. The van der Waals surface area contributed by atoms with Gasteiger partial charge in [-0.05, 0) is 30.2 Å². The molecule has 1 N–H and O–H groups in total. The van der Waals surface area contributed by atoms with E-state index in [4.69, 9.17) is 4.74 Å². The van der Waals surface area contributed by atoms with Crippen LogP contribution in [-0.2, 0) is 11.2 Å². The van der Waals surface area contributed by atoms with E-state index in [0.29, 0.717) is 18.7 Å². The Labute approximate surface area is 172 Å². The third-order valence-electron chi connectivity index (χ3n) is 5.81. The molecule has 2 heterocycles. The molecule has 1 fully saturated rings. The van der Waals surface area contributed by atoms with Gasteiger partial charge in [0.1, 0.15) is 18.5 Å².